The molecule has 0 aliphatic carbocycles. The Labute approximate surface area is 91.0 Å². The van der Waals surface area contributed by atoms with E-state index in [0.29, 0.717) is 0 Å². The van der Waals surface area contributed by atoms with Crippen LogP contribution in [0.25, 0.3) is 0 Å². The number of thiophene rings is 1. The highest BCUT2D eigenvalue weighted by Crippen LogP contribution is 2.25. The number of carboxylic acids is 1. The zero-order valence-electron chi connectivity index (χ0n) is 8.17. The van der Waals surface area contributed by atoms with Gasteiger partial charge >= 0.3 is 5.97 Å². The van der Waals surface area contributed by atoms with E-state index in [1.807, 2.05) is 0 Å². The molecule has 4 N–H and O–H groups in total. The summed E-state index contributed by atoms with van der Waals surface area (Å²) in [6, 6.07) is 1.51. The summed E-state index contributed by atoms with van der Waals surface area (Å²) in [5.74, 6) is -1.09. The summed E-state index contributed by atoms with van der Waals surface area (Å²) in [6.45, 7) is 0.204. The maximum atomic E-state index is 10.8. The van der Waals surface area contributed by atoms with Crippen LogP contribution in [-0.4, -0.2) is 41.0 Å². The van der Waals surface area contributed by atoms with Crippen molar-refractivity contribution in [2.24, 2.45) is 0 Å². The highest BCUT2D eigenvalue weighted by Gasteiger charge is 2.24. The van der Waals surface area contributed by atoms with Gasteiger partial charge in [-0.25, -0.2) is 4.79 Å². The molecule has 2 unspecified atom stereocenters. The minimum Gasteiger partial charge on any atom is -0.477 e. The molecule has 0 amide bonds. The molecule has 1 rings (SSSR count). The summed E-state index contributed by atoms with van der Waals surface area (Å²) in [4.78, 5) is 10.8. The Morgan fingerprint density at radius 2 is 2.27 bits per heavy atom. The number of rotatable bonds is 5. The van der Waals surface area contributed by atoms with Crippen molar-refractivity contribution < 1.29 is 20.1 Å². The number of aliphatic hydroxyl groups is 2. The Balaban J connectivity index is 2.85. The van der Waals surface area contributed by atoms with Crippen LogP contribution in [0.5, 0.6) is 0 Å². The van der Waals surface area contributed by atoms with Crippen molar-refractivity contribution in [2.75, 3.05) is 13.6 Å². The highest BCUT2D eigenvalue weighted by atomic mass is 32.1. The van der Waals surface area contributed by atoms with Crippen LogP contribution in [-0.2, 0) is 0 Å². The Bertz CT molecular complexity index is 339. The van der Waals surface area contributed by atoms with Gasteiger partial charge < -0.3 is 20.6 Å². The predicted octanol–water partition coefficient (Wildman–Crippen LogP) is 0.0600. The molecule has 0 aliphatic heterocycles. The molecule has 6 heteroatoms. The van der Waals surface area contributed by atoms with Crippen LogP contribution < -0.4 is 5.32 Å². The number of carbonyl (C=O) groups is 1. The van der Waals surface area contributed by atoms with Crippen LogP contribution in [0.3, 0.4) is 0 Å². The second-order valence-electron chi connectivity index (χ2n) is 3.08. The van der Waals surface area contributed by atoms with E-state index in [9.17, 15) is 15.0 Å². The van der Waals surface area contributed by atoms with Gasteiger partial charge in [-0.1, -0.05) is 0 Å². The third kappa shape index (κ3) is 2.75. The molecule has 0 aromatic carbocycles. The first-order valence-electron chi connectivity index (χ1n) is 4.39. The monoisotopic (exact) mass is 231 g/mol. The first-order chi connectivity index (χ1) is 7.07. The minimum atomic E-state index is -1.17. The molecule has 5 nitrogen and oxygen atoms in total. The molecular formula is C9H13NO4S. The summed E-state index contributed by atoms with van der Waals surface area (Å²) in [5.41, 5.74) is 0.259. The lowest BCUT2D eigenvalue weighted by molar-refractivity contribution is 0.0195. The van der Waals surface area contributed by atoms with E-state index in [-0.39, 0.29) is 17.0 Å². The topological polar surface area (TPSA) is 89.8 Å². The summed E-state index contributed by atoms with van der Waals surface area (Å²) < 4.78 is 0. The van der Waals surface area contributed by atoms with Crippen molar-refractivity contribution in [3.8, 4) is 0 Å². The fraction of sp³-hybridized carbons (Fsp3) is 0.444. The Hall–Kier alpha value is -0.950. The van der Waals surface area contributed by atoms with Crippen LogP contribution in [0.1, 0.15) is 21.3 Å². The van der Waals surface area contributed by atoms with E-state index in [4.69, 9.17) is 5.11 Å². The van der Waals surface area contributed by atoms with Crippen molar-refractivity contribution in [1.29, 1.82) is 0 Å². The maximum absolute atomic E-state index is 10.8. The quantitative estimate of drug-likeness (QED) is 0.575. The summed E-state index contributed by atoms with van der Waals surface area (Å²) >= 11 is 1.03. The number of nitrogens with one attached hydrogen (secondary N) is 1. The average molecular weight is 231 g/mol. The fourth-order valence-corrected chi connectivity index (χ4v) is 2.03. The normalized spacial score (nSPS) is 14.9. The van der Waals surface area contributed by atoms with Crippen molar-refractivity contribution >= 4 is 17.3 Å². The second kappa shape index (κ2) is 5.22. The lowest BCUT2D eigenvalue weighted by Crippen LogP contribution is -2.30. The van der Waals surface area contributed by atoms with Crippen molar-refractivity contribution in [3.05, 3.63) is 21.9 Å². The van der Waals surface area contributed by atoms with Gasteiger partial charge in [0.25, 0.3) is 0 Å². The van der Waals surface area contributed by atoms with Crippen LogP contribution >= 0.6 is 11.3 Å². The van der Waals surface area contributed by atoms with E-state index in [1.165, 1.54) is 6.07 Å². The van der Waals surface area contributed by atoms with Crippen LogP contribution in [0.2, 0.25) is 0 Å². The molecular weight excluding hydrogens is 218 g/mol. The lowest BCUT2D eigenvalue weighted by atomic mass is 10.1. The molecule has 15 heavy (non-hydrogen) atoms. The largest absolute Gasteiger partial charge is 0.477 e. The van der Waals surface area contributed by atoms with Gasteiger partial charge in [0.2, 0.25) is 0 Å². The maximum Gasteiger partial charge on any atom is 0.346 e. The average Bonchev–Trinajstić information content (AvgIpc) is 2.65. The van der Waals surface area contributed by atoms with Gasteiger partial charge in [0.15, 0.2) is 0 Å². The van der Waals surface area contributed by atoms with Gasteiger partial charge in [-0.2, -0.15) is 0 Å². The third-order valence-electron chi connectivity index (χ3n) is 1.99. The standard InChI is InChI=1S/C9H13NO4S/c1-10-4-6(11)7(12)5-2-3-15-8(5)9(13)14/h2-3,6-7,10-12H,4H2,1H3,(H,13,14). The number of hydrogen-bond donors (Lipinski definition) is 4. The Kier molecular flexibility index (Phi) is 4.22. The molecule has 0 aliphatic rings. The van der Waals surface area contributed by atoms with Gasteiger partial charge in [0.05, 0.1) is 6.10 Å². The SMILES string of the molecule is CNCC(O)C(O)c1ccsc1C(=O)O. The van der Waals surface area contributed by atoms with E-state index >= 15 is 0 Å². The molecule has 0 radical (unpaired) electrons. The number of aliphatic hydroxyl groups excluding tert-OH is 2. The van der Waals surface area contributed by atoms with E-state index in [0.717, 1.165) is 11.3 Å². The summed E-state index contributed by atoms with van der Waals surface area (Å²) in [6.07, 6.45) is -2.18. The zero-order valence-corrected chi connectivity index (χ0v) is 8.99. The smallest absolute Gasteiger partial charge is 0.346 e. The number of hydrogen-bond acceptors (Lipinski definition) is 5. The van der Waals surface area contributed by atoms with Crippen molar-refractivity contribution in [3.63, 3.8) is 0 Å². The number of aromatic carboxylic acids is 1. The molecule has 0 spiro atoms. The molecule has 1 aromatic heterocycles. The molecule has 1 heterocycles. The van der Waals surface area contributed by atoms with E-state index in [2.05, 4.69) is 5.32 Å². The second-order valence-corrected chi connectivity index (χ2v) is 4.00. The lowest BCUT2D eigenvalue weighted by Gasteiger charge is -2.17. The Morgan fingerprint density at radius 3 is 2.80 bits per heavy atom. The first-order valence-corrected chi connectivity index (χ1v) is 5.27. The summed E-state index contributed by atoms with van der Waals surface area (Å²) in [5, 5.41) is 32.3. The first kappa shape index (κ1) is 12.1. The third-order valence-corrected chi connectivity index (χ3v) is 2.90. The predicted molar refractivity (Wildman–Crippen MR) is 56.2 cm³/mol. The van der Waals surface area contributed by atoms with Crippen molar-refractivity contribution in [2.45, 2.75) is 12.2 Å². The van der Waals surface area contributed by atoms with E-state index < -0.39 is 18.2 Å². The Morgan fingerprint density at radius 1 is 1.60 bits per heavy atom. The van der Waals surface area contributed by atoms with E-state index in [1.54, 1.807) is 12.4 Å². The molecule has 2 atom stereocenters. The van der Waals surface area contributed by atoms with Gasteiger partial charge in [-0.05, 0) is 18.5 Å². The minimum absolute atomic E-state index is 0.0673. The zero-order chi connectivity index (χ0) is 11.4. The molecule has 1 aromatic rings. The number of carboxylic acid groups (broad SMARTS) is 1. The van der Waals surface area contributed by atoms with Gasteiger partial charge in [0, 0.05) is 12.1 Å². The van der Waals surface area contributed by atoms with Gasteiger partial charge in [0.1, 0.15) is 11.0 Å². The number of likely N-dealkylation sites (N-methyl/N-ethyl adjacent to an activating group) is 1. The molecule has 0 fully saturated rings. The van der Waals surface area contributed by atoms with Crippen LogP contribution in [0, 0.1) is 0 Å². The molecule has 84 valence electrons. The van der Waals surface area contributed by atoms with Crippen LogP contribution in [0.4, 0.5) is 0 Å². The highest BCUT2D eigenvalue weighted by molar-refractivity contribution is 7.12. The summed E-state index contributed by atoms with van der Waals surface area (Å²) in [7, 11) is 1.64. The molecule has 0 bridgehead atoms. The van der Waals surface area contributed by atoms with Gasteiger partial charge in [-0.15, -0.1) is 11.3 Å². The molecule has 0 saturated carbocycles. The molecule has 0 saturated heterocycles. The van der Waals surface area contributed by atoms with Crippen molar-refractivity contribution in [1.82, 2.24) is 5.32 Å². The fourth-order valence-electron chi connectivity index (χ4n) is 1.25. The van der Waals surface area contributed by atoms with Crippen LogP contribution in [0.15, 0.2) is 11.4 Å². The van der Waals surface area contributed by atoms with Gasteiger partial charge in [-0.3, -0.25) is 0 Å².